The minimum Gasteiger partial charge on any atom is -0.339 e. The molecule has 1 aliphatic rings. The van der Waals surface area contributed by atoms with E-state index in [0.717, 1.165) is 25.9 Å². The van der Waals surface area contributed by atoms with Gasteiger partial charge in [0.2, 0.25) is 5.91 Å². The molecule has 2 heteroatoms. The van der Waals surface area contributed by atoms with E-state index in [2.05, 4.69) is 39.0 Å². The van der Waals surface area contributed by atoms with Gasteiger partial charge < -0.3 is 4.90 Å². The van der Waals surface area contributed by atoms with Gasteiger partial charge >= 0.3 is 0 Å². The Morgan fingerprint density at radius 1 is 1.53 bits per heavy atom. The number of carbonyl (C=O) groups excluding carboxylic acids is 1. The first-order valence-corrected chi connectivity index (χ1v) is 7.64. The largest absolute Gasteiger partial charge is 0.339 e. The van der Waals surface area contributed by atoms with Crippen LogP contribution in [-0.4, -0.2) is 23.9 Å². The predicted molar refractivity (Wildman–Crippen MR) is 81.9 cm³/mol. The van der Waals surface area contributed by atoms with Crippen molar-refractivity contribution in [3.05, 3.63) is 23.8 Å². The van der Waals surface area contributed by atoms with Crippen LogP contribution in [0.2, 0.25) is 0 Å². The SMILES string of the molecule is CCCCN(C/C=C\C1CCC(C)=CC1C)C(C)=O. The Kier molecular flexibility index (Phi) is 6.90. The Hall–Kier alpha value is -1.05. The molecule has 0 radical (unpaired) electrons. The van der Waals surface area contributed by atoms with Crippen molar-refractivity contribution in [3.8, 4) is 0 Å². The second-order valence-electron chi connectivity index (χ2n) is 5.82. The first-order chi connectivity index (χ1) is 9.04. The molecule has 2 unspecified atom stereocenters. The summed E-state index contributed by atoms with van der Waals surface area (Å²) in [5.74, 6) is 1.46. The standard InChI is InChI=1S/C17H29NO/c1-5-6-11-18(16(4)19)12-7-8-17-10-9-14(2)13-15(17)3/h7-8,13,15,17H,5-6,9-12H2,1-4H3/b8-7-. The summed E-state index contributed by atoms with van der Waals surface area (Å²) in [5, 5.41) is 0. The zero-order valence-corrected chi connectivity index (χ0v) is 13.0. The molecule has 0 saturated carbocycles. The number of unbranched alkanes of at least 4 members (excludes halogenated alkanes) is 1. The topological polar surface area (TPSA) is 20.3 Å². The van der Waals surface area contributed by atoms with Gasteiger partial charge in [0.1, 0.15) is 0 Å². The van der Waals surface area contributed by atoms with Gasteiger partial charge in [0.25, 0.3) is 0 Å². The molecule has 19 heavy (non-hydrogen) atoms. The summed E-state index contributed by atoms with van der Waals surface area (Å²) in [6, 6.07) is 0. The number of nitrogens with zero attached hydrogens (tertiary/aromatic N) is 1. The lowest BCUT2D eigenvalue weighted by molar-refractivity contribution is -0.128. The number of hydrogen-bond donors (Lipinski definition) is 0. The number of amides is 1. The van der Waals surface area contributed by atoms with Crippen molar-refractivity contribution in [1.29, 1.82) is 0 Å². The van der Waals surface area contributed by atoms with Crippen LogP contribution in [0.25, 0.3) is 0 Å². The Bertz CT molecular complexity index is 343. The molecule has 0 fully saturated rings. The molecule has 0 N–H and O–H groups in total. The van der Waals surface area contributed by atoms with Crippen LogP contribution in [0.3, 0.4) is 0 Å². The molecule has 0 spiro atoms. The normalized spacial score (nSPS) is 23.5. The van der Waals surface area contributed by atoms with Crippen LogP contribution in [0.1, 0.15) is 53.4 Å². The average Bonchev–Trinajstić information content (AvgIpc) is 2.35. The van der Waals surface area contributed by atoms with Crippen LogP contribution in [0.4, 0.5) is 0 Å². The van der Waals surface area contributed by atoms with Gasteiger partial charge in [-0.05, 0) is 38.0 Å². The van der Waals surface area contributed by atoms with Gasteiger partial charge in [0, 0.05) is 20.0 Å². The third-order valence-corrected chi connectivity index (χ3v) is 4.03. The monoisotopic (exact) mass is 263 g/mol. The van der Waals surface area contributed by atoms with Crippen LogP contribution in [0.5, 0.6) is 0 Å². The van der Waals surface area contributed by atoms with E-state index in [9.17, 15) is 4.79 Å². The number of allylic oxidation sites excluding steroid dienone is 3. The minimum atomic E-state index is 0.186. The molecule has 0 aromatic heterocycles. The molecule has 1 rings (SSSR count). The summed E-state index contributed by atoms with van der Waals surface area (Å²) >= 11 is 0. The lowest BCUT2D eigenvalue weighted by Gasteiger charge is -2.24. The quantitative estimate of drug-likeness (QED) is 0.658. The summed E-state index contributed by atoms with van der Waals surface area (Å²) in [7, 11) is 0. The Morgan fingerprint density at radius 2 is 2.26 bits per heavy atom. The minimum absolute atomic E-state index is 0.186. The molecule has 0 saturated heterocycles. The molecule has 2 atom stereocenters. The fraction of sp³-hybridized carbons (Fsp3) is 0.706. The van der Waals surface area contributed by atoms with E-state index in [1.165, 1.54) is 18.4 Å². The van der Waals surface area contributed by atoms with Gasteiger partial charge in [0.15, 0.2) is 0 Å². The van der Waals surface area contributed by atoms with Gasteiger partial charge in [-0.2, -0.15) is 0 Å². The van der Waals surface area contributed by atoms with Crippen molar-refractivity contribution in [2.45, 2.75) is 53.4 Å². The molecule has 0 heterocycles. The van der Waals surface area contributed by atoms with Gasteiger partial charge in [-0.25, -0.2) is 0 Å². The number of hydrogen-bond acceptors (Lipinski definition) is 1. The average molecular weight is 263 g/mol. The van der Waals surface area contributed by atoms with Crippen molar-refractivity contribution in [1.82, 2.24) is 4.90 Å². The van der Waals surface area contributed by atoms with Crippen molar-refractivity contribution >= 4 is 5.91 Å². The maximum Gasteiger partial charge on any atom is 0.219 e. The maximum absolute atomic E-state index is 11.5. The van der Waals surface area contributed by atoms with Crippen molar-refractivity contribution in [2.75, 3.05) is 13.1 Å². The predicted octanol–water partition coefficient (Wildman–Crippen LogP) is 4.18. The van der Waals surface area contributed by atoms with E-state index >= 15 is 0 Å². The van der Waals surface area contributed by atoms with Gasteiger partial charge in [-0.15, -0.1) is 0 Å². The molecule has 2 nitrogen and oxygen atoms in total. The molecule has 0 aromatic carbocycles. The molecule has 0 aliphatic heterocycles. The third kappa shape index (κ3) is 5.63. The van der Waals surface area contributed by atoms with Crippen LogP contribution < -0.4 is 0 Å². The summed E-state index contributed by atoms with van der Waals surface area (Å²) in [6.45, 7) is 9.98. The summed E-state index contributed by atoms with van der Waals surface area (Å²) in [4.78, 5) is 13.5. The van der Waals surface area contributed by atoms with Crippen LogP contribution in [0, 0.1) is 11.8 Å². The second kappa shape index (κ2) is 8.19. The lowest BCUT2D eigenvalue weighted by atomic mass is 9.82. The molecule has 0 bridgehead atoms. The first kappa shape index (κ1) is 16.0. The molecular weight excluding hydrogens is 234 g/mol. The number of carbonyl (C=O) groups is 1. The van der Waals surface area contributed by atoms with E-state index in [1.54, 1.807) is 6.92 Å². The van der Waals surface area contributed by atoms with E-state index in [1.807, 2.05) is 4.90 Å². The molecule has 1 aliphatic carbocycles. The van der Waals surface area contributed by atoms with Crippen molar-refractivity contribution < 1.29 is 4.79 Å². The smallest absolute Gasteiger partial charge is 0.219 e. The van der Waals surface area contributed by atoms with E-state index < -0.39 is 0 Å². The van der Waals surface area contributed by atoms with Crippen molar-refractivity contribution in [2.24, 2.45) is 11.8 Å². The molecule has 108 valence electrons. The molecular formula is C17H29NO. The highest BCUT2D eigenvalue weighted by Crippen LogP contribution is 2.29. The molecule has 1 amide bonds. The first-order valence-electron chi connectivity index (χ1n) is 7.64. The van der Waals surface area contributed by atoms with Gasteiger partial charge in [-0.1, -0.05) is 44.1 Å². The van der Waals surface area contributed by atoms with E-state index in [0.29, 0.717) is 11.8 Å². The summed E-state index contributed by atoms with van der Waals surface area (Å²) in [5.41, 5.74) is 1.52. The Labute approximate surface area is 118 Å². The van der Waals surface area contributed by atoms with E-state index in [-0.39, 0.29) is 5.91 Å². The highest BCUT2D eigenvalue weighted by Gasteiger charge is 2.17. The highest BCUT2D eigenvalue weighted by atomic mass is 16.2. The van der Waals surface area contributed by atoms with E-state index in [4.69, 9.17) is 0 Å². The Balaban J connectivity index is 2.45. The van der Waals surface area contributed by atoms with Gasteiger partial charge in [0.05, 0.1) is 0 Å². The van der Waals surface area contributed by atoms with Crippen molar-refractivity contribution in [3.63, 3.8) is 0 Å². The van der Waals surface area contributed by atoms with Crippen LogP contribution in [-0.2, 0) is 4.79 Å². The third-order valence-electron chi connectivity index (χ3n) is 4.03. The summed E-state index contributed by atoms with van der Waals surface area (Å²) in [6.07, 6.45) is 11.6. The van der Waals surface area contributed by atoms with Gasteiger partial charge in [-0.3, -0.25) is 4.79 Å². The highest BCUT2D eigenvalue weighted by molar-refractivity contribution is 5.73. The Morgan fingerprint density at radius 3 is 2.84 bits per heavy atom. The second-order valence-corrected chi connectivity index (χ2v) is 5.82. The fourth-order valence-electron chi connectivity index (χ4n) is 2.67. The van der Waals surface area contributed by atoms with Crippen LogP contribution in [0.15, 0.2) is 23.8 Å². The zero-order valence-electron chi connectivity index (χ0n) is 13.0. The lowest BCUT2D eigenvalue weighted by Crippen LogP contribution is -2.30. The molecule has 0 aromatic rings. The summed E-state index contributed by atoms with van der Waals surface area (Å²) < 4.78 is 0. The number of rotatable bonds is 6. The maximum atomic E-state index is 11.5. The zero-order chi connectivity index (χ0) is 14.3. The van der Waals surface area contributed by atoms with Crippen LogP contribution >= 0.6 is 0 Å². The fourth-order valence-corrected chi connectivity index (χ4v) is 2.67.